The SMILES string of the molecule is CN(CCc1ccccn1)C(=O)/C=C/c1cnn(-c2ccccc2)c1. The zero-order valence-corrected chi connectivity index (χ0v) is 14.1. The van der Waals surface area contributed by atoms with Crippen molar-refractivity contribution in [3.05, 3.63) is 84.5 Å². The molecule has 0 saturated heterocycles. The summed E-state index contributed by atoms with van der Waals surface area (Å²) in [7, 11) is 1.79. The third-order valence-electron chi connectivity index (χ3n) is 3.85. The number of hydrogen-bond donors (Lipinski definition) is 0. The monoisotopic (exact) mass is 332 g/mol. The fourth-order valence-electron chi connectivity index (χ4n) is 2.38. The molecule has 0 unspecified atom stereocenters. The normalized spacial score (nSPS) is 10.9. The van der Waals surface area contributed by atoms with Gasteiger partial charge in [0.15, 0.2) is 0 Å². The maximum atomic E-state index is 12.2. The van der Waals surface area contributed by atoms with Crippen molar-refractivity contribution in [1.29, 1.82) is 0 Å². The molecule has 0 saturated carbocycles. The Morgan fingerprint density at radius 1 is 1.16 bits per heavy atom. The van der Waals surface area contributed by atoms with Gasteiger partial charge >= 0.3 is 0 Å². The van der Waals surface area contributed by atoms with Crippen LogP contribution in [0.3, 0.4) is 0 Å². The fourth-order valence-corrected chi connectivity index (χ4v) is 2.38. The number of rotatable bonds is 6. The molecule has 126 valence electrons. The highest BCUT2D eigenvalue weighted by Crippen LogP contribution is 2.09. The van der Waals surface area contributed by atoms with Crippen molar-refractivity contribution in [3.63, 3.8) is 0 Å². The van der Waals surface area contributed by atoms with Gasteiger partial charge in [-0.25, -0.2) is 4.68 Å². The molecule has 5 heteroatoms. The van der Waals surface area contributed by atoms with E-state index in [2.05, 4.69) is 10.1 Å². The van der Waals surface area contributed by atoms with Crippen molar-refractivity contribution in [2.45, 2.75) is 6.42 Å². The Labute approximate surface area is 147 Å². The topological polar surface area (TPSA) is 51.0 Å². The molecule has 0 N–H and O–H groups in total. The Kier molecular flexibility index (Phi) is 5.36. The van der Waals surface area contributed by atoms with E-state index in [9.17, 15) is 4.79 Å². The molecule has 25 heavy (non-hydrogen) atoms. The Balaban J connectivity index is 1.56. The molecule has 0 bridgehead atoms. The molecule has 1 aromatic carbocycles. The van der Waals surface area contributed by atoms with Crippen LogP contribution >= 0.6 is 0 Å². The minimum atomic E-state index is -0.0385. The summed E-state index contributed by atoms with van der Waals surface area (Å²) in [5, 5.41) is 4.32. The number of pyridine rings is 1. The Hall–Kier alpha value is -3.21. The minimum absolute atomic E-state index is 0.0385. The zero-order chi connectivity index (χ0) is 17.5. The Morgan fingerprint density at radius 2 is 1.96 bits per heavy atom. The van der Waals surface area contributed by atoms with Crippen LogP contribution in [-0.4, -0.2) is 39.2 Å². The number of amides is 1. The van der Waals surface area contributed by atoms with Crippen LogP contribution in [0.15, 0.2) is 73.2 Å². The number of carbonyl (C=O) groups excluding carboxylic acids is 1. The molecule has 3 rings (SSSR count). The summed E-state index contributed by atoms with van der Waals surface area (Å²) < 4.78 is 1.79. The number of aromatic nitrogens is 3. The molecule has 0 spiro atoms. The lowest BCUT2D eigenvalue weighted by atomic mass is 10.2. The first kappa shape index (κ1) is 16.6. The van der Waals surface area contributed by atoms with E-state index in [1.54, 1.807) is 41.2 Å². The van der Waals surface area contributed by atoms with Crippen LogP contribution in [0.1, 0.15) is 11.3 Å². The molecule has 0 aliphatic carbocycles. The largest absolute Gasteiger partial charge is 0.342 e. The van der Waals surface area contributed by atoms with E-state index in [0.717, 1.165) is 23.4 Å². The highest BCUT2D eigenvalue weighted by Gasteiger charge is 2.06. The Bertz CT molecular complexity index is 840. The van der Waals surface area contributed by atoms with Crippen molar-refractivity contribution in [2.75, 3.05) is 13.6 Å². The van der Waals surface area contributed by atoms with Gasteiger partial charge in [-0.15, -0.1) is 0 Å². The second-order valence-corrected chi connectivity index (χ2v) is 5.72. The van der Waals surface area contributed by atoms with Crippen LogP contribution < -0.4 is 0 Å². The van der Waals surface area contributed by atoms with Gasteiger partial charge in [0.25, 0.3) is 0 Å². The van der Waals surface area contributed by atoms with Gasteiger partial charge in [-0.2, -0.15) is 5.10 Å². The fraction of sp³-hybridized carbons (Fsp3) is 0.150. The lowest BCUT2D eigenvalue weighted by molar-refractivity contribution is -0.124. The van der Waals surface area contributed by atoms with Crippen LogP contribution in [0.2, 0.25) is 0 Å². The third-order valence-corrected chi connectivity index (χ3v) is 3.85. The lowest BCUT2D eigenvalue weighted by Crippen LogP contribution is -2.27. The van der Waals surface area contributed by atoms with Crippen molar-refractivity contribution in [1.82, 2.24) is 19.7 Å². The smallest absolute Gasteiger partial charge is 0.246 e. The van der Waals surface area contributed by atoms with E-state index in [1.165, 1.54) is 0 Å². The van der Waals surface area contributed by atoms with Gasteiger partial charge < -0.3 is 4.90 Å². The first-order valence-corrected chi connectivity index (χ1v) is 8.15. The number of nitrogens with zero attached hydrogens (tertiary/aromatic N) is 4. The van der Waals surface area contributed by atoms with Crippen LogP contribution in [0, 0.1) is 0 Å². The molecule has 0 atom stereocenters. The molecular formula is C20H20N4O. The molecule has 3 aromatic rings. The van der Waals surface area contributed by atoms with Crippen LogP contribution in [0.5, 0.6) is 0 Å². The highest BCUT2D eigenvalue weighted by atomic mass is 16.2. The zero-order valence-electron chi connectivity index (χ0n) is 14.1. The number of hydrogen-bond acceptors (Lipinski definition) is 3. The summed E-state index contributed by atoms with van der Waals surface area (Å²) in [5.41, 5.74) is 2.85. The molecule has 5 nitrogen and oxygen atoms in total. The molecule has 2 heterocycles. The quantitative estimate of drug-likeness (QED) is 0.652. The third kappa shape index (κ3) is 4.64. The summed E-state index contributed by atoms with van der Waals surface area (Å²) in [5.74, 6) is -0.0385. The number of carbonyl (C=O) groups is 1. The van der Waals surface area contributed by atoms with Crippen molar-refractivity contribution in [3.8, 4) is 5.69 Å². The summed E-state index contributed by atoms with van der Waals surface area (Å²) in [4.78, 5) is 18.2. The van der Waals surface area contributed by atoms with Crippen molar-refractivity contribution in [2.24, 2.45) is 0 Å². The van der Waals surface area contributed by atoms with E-state index in [1.807, 2.05) is 54.7 Å². The van der Waals surface area contributed by atoms with Crippen molar-refractivity contribution < 1.29 is 4.79 Å². The van der Waals surface area contributed by atoms with Gasteiger partial charge in [0.2, 0.25) is 5.91 Å². The molecule has 2 aromatic heterocycles. The van der Waals surface area contributed by atoms with Crippen LogP contribution in [0.4, 0.5) is 0 Å². The first-order valence-electron chi connectivity index (χ1n) is 8.15. The standard InChI is InChI=1S/C20H20N4O/c1-23(14-12-18-7-5-6-13-21-18)20(25)11-10-17-15-22-24(16-17)19-8-3-2-4-9-19/h2-11,13,15-16H,12,14H2,1H3/b11-10+. The summed E-state index contributed by atoms with van der Waals surface area (Å²) >= 11 is 0. The summed E-state index contributed by atoms with van der Waals surface area (Å²) in [6, 6.07) is 15.7. The first-order chi connectivity index (χ1) is 12.2. The average Bonchev–Trinajstić information content (AvgIpc) is 3.15. The van der Waals surface area contributed by atoms with Gasteiger partial charge in [0.1, 0.15) is 0 Å². The van der Waals surface area contributed by atoms with Gasteiger partial charge in [-0.1, -0.05) is 24.3 Å². The highest BCUT2D eigenvalue weighted by molar-refractivity contribution is 5.91. The van der Waals surface area contributed by atoms with E-state index >= 15 is 0 Å². The molecule has 1 amide bonds. The summed E-state index contributed by atoms with van der Waals surface area (Å²) in [6.07, 6.45) is 9.50. The number of likely N-dealkylation sites (N-methyl/N-ethyl adjacent to an activating group) is 1. The Morgan fingerprint density at radius 3 is 2.72 bits per heavy atom. The van der Waals surface area contributed by atoms with E-state index in [0.29, 0.717) is 6.54 Å². The second kappa shape index (κ2) is 8.06. The molecule has 0 aliphatic rings. The van der Waals surface area contributed by atoms with Gasteiger partial charge in [-0.3, -0.25) is 9.78 Å². The molecular weight excluding hydrogens is 312 g/mol. The van der Waals surface area contributed by atoms with Crippen molar-refractivity contribution >= 4 is 12.0 Å². The van der Waals surface area contributed by atoms with E-state index < -0.39 is 0 Å². The predicted octanol–water partition coefficient (Wildman–Crippen LogP) is 2.98. The predicted molar refractivity (Wildman–Crippen MR) is 98.2 cm³/mol. The van der Waals surface area contributed by atoms with Gasteiger partial charge in [0, 0.05) is 49.7 Å². The number of para-hydroxylation sites is 1. The maximum absolute atomic E-state index is 12.2. The lowest BCUT2D eigenvalue weighted by Gasteiger charge is -2.14. The second-order valence-electron chi connectivity index (χ2n) is 5.72. The van der Waals surface area contributed by atoms with Gasteiger partial charge in [0.05, 0.1) is 11.9 Å². The minimum Gasteiger partial charge on any atom is -0.342 e. The van der Waals surface area contributed by atoms with Crippen LogP contribution in [-0.2, 0) is 11.2 Å². The van der Waals surface area contributed by atoms with Gasteiger partial charge in [-0.05, 0) is 30.3 Å². The van der Waals surface area contributed by atoms with E-state index in [4.69, 9.17) is 0 Å². The number of benzene rings is 1. The van der Waals surface area contributed by atoms with E-state index in [-0.39, 0.29) is 5.91 Å². The maximum Gasteiger partial charge on any atom is 0.246 e. The average molecular weight is 332 g/mol. The summed E-state index contributed by atoms with van der Waals surface area (Å²) in [6.45, 7) is 0.628. The molecule has 0 radical (unpaired) electrons. The molecule has 0 fully saturated rings. The molecule has 0 aliphatic heterocycles. The van der Waals surface area contributed by atoms with Crippen LogP contribution in [0.25, 0.3) is 11.8 Å².